The highest BCUT2D eigenvalue weighted by Gasteiger charge is 2.20. The van der Waals surface area contributed by atoms with Gasteiger partial charge in [-0.3, -0.25) is 0 Å². The first kappa shape index (κ1) is 19.6. The zero-order valence-electron chi connectivity index (χ0n) is 16.7. The summed E-state index contributed by atoms with van der Waals surface area (Å²) in [6.07, 6.45) is 10.0. The van der Waals surface area contributed by atoms with E-state index in [1.807, 2.05) is 0 Å². The molecule has 3 heterocycles. The van der Waals surface area contributed by atoms with E-state index in [0.29, 0.717) is 17.1 Å². The molecule has 3 aliphatic rings. The van der Waals surface area contributed by atoms with Gasteiger partial charge in [0.2, 0.25) is 5.95 Å². The SMILES string of the molecule is S=C(Nc1nc(N2CCCCC2)cc(N2CCOCC2)n1)NC1CCCCC1. The van der Waals surface area contributed by atoms with Crippen LogP contribution in [0.1, 0.15) is 51.4 Å². The van der Waals surface area contributed by atoms with Gasteiger partial charge in [0.25, 0.3) is 0 Å². The van der Waals surface area contributed by atoms with Gasteiger partial charge in [0.15, 0.2) is 5.11 Å². The molecular weight excluding hydrogens is 372 g/mol. The Bertz CT molecular complexity index is 618. The fraction of sp³-hybridized carbons (Fsp3) is 0.750. The zero-order chi connectivity index (χ0) is 19.2. The van der Waals surface area contributed by atoms with Crippen molar-refractivity contribution in [3.05, 3.63) is 6.07 Å². The van der Waals surface area contributed by atoms with E-state index in [0.717, 1.165) is 51.0 Å². The van der Waals surface area contributed by atoms with Crippen LogP contribution in [0.2, 0.25) is 0 Å². The summed E-state index contributed by atoms with van der Waals surface area (Å²) < 4.78 is 5.51. The molecule has 1 aromatic heterocycles. The highest BCUT2D eigenvalue weighted by molar-refractivity contribution is 7.80. The van der Waals surface area contributed by atoms with Crippen LogP contribution in [0.4, 0.5) is 17.6 Å². The number of nitrogens with one attached hydrogen (secondary N) is 2. The molecule has 1 aromatic rings. The Hall–Kier alpha value is -1.67. The monoisotopic (exact) mass is 404 g/mol. The number of piperidine rings is 1. The molecule has 2 aliphatic heterocycles. The van der Waals surface area contributed by atoms with E-state index in [9.17, 15) is 0 Å². The molecule has 7 nitrogen and oxygen atoms in total. The first-order valence-electron chi connectivity index (χ1n) is 10.8. The normalized spacial score (nSPS) is 21.4. The number of hydrogen-bond acceptors (Lipinski definition) is 6. The quantitative estimate of drug-likeness (QED) is 0.743. The van der Waals surface area contributed by atoms with Crippen molar-refractivity contribution < 1.29 is 4.74 Å². The molecule has 0 atom stereocenters. The predicted molar refractivity (Wildman–Crippen MR) is 117 cm³/mol. The van der Waals surface area contributed by atoms with E-state index < -0.39 is 0 Å². The molecule has 0 unspecified atom stereocenters. The first-order valence-corrected chi connectivity index (χ1v) is 11.2. The van der Waals surface area contributed by atoms with E-state index in [1.54, 1.807) is 0 Å². The molecule has 1 saturated carbocycles. The molecule has 2 N–H and O–H groups in total. The topological polar surface area (TPSA) is 65.6 Å². The van der Waals surface area contributed by atoms with E-state index in [2.05, 4.69) is 26.5 Å². The van der Waals surface area contributed by atoms with Crippen LogP contribution in [0.25, 0.3) is 0 Å². The number of anilines is 3. The minimum absolute atomic E-state index is 0.470. The minimum Gasteiger partial charge on any atom is -0.378 e. The number of aromatic nitrogens is 2. The highest BCUT2D eigenvalue weighted by Crippen LogP contribution is 2.25. The van der Waals surface area contributed by atoms with Crippen LogP contribution in [0.3, 0.4) is 0 Å². The maximum Gasteiger partial charge on any atom is 0.232 e. The van der Waals surface area contributed by atoms with Gasteiger partial charge in [-0.05, 0) is 44.3 Å². The van der Waals surface area contributed by atoms with Crippen molar-refractivity contribution in [3.63, 3.8) is 0 Å². The van der Waals surface area contributed by atoms with Crippen molar-refractivity contribution in [3.8, 4) is 0 Å². The Morgan fingerprint density at radius 3 is 2.18 bits per heavy atom. The van der Waals surface area contributed by atoms with Crippen LogP contribution < -0.4 is 20.4 Å². The summed E-state index contributed by atoms with van der Waals surface area (Å²) in [5, 5.41) is 7.36. The van der Waals surface area contributed by atoms with Crippen molar-refractivity contribution in [2.24, 2.45) is 0 Å². The second-order valence-corrected chi connectivity index (χ2v) is 8.40. The van der Waals surface area contributed by atoms with Gasteiger partial charge in [-0.25, -0.2) is 0 Å². The van der Waals surface area contributed by atoms with E-state index in [-0.39, 0.29) is 0 Å². The highest BCUT2D eigenvalue weighted by atomic mass is 32.1. The Labute approximate surface area is 173 Å². The minimum atomic E-state index is 0.470. The van der Waals surface area contributed by atoms with Crippen LogP contribution >= 0.6 is 12.2 Å². The van der Waals surface area contributed by atoms with Gasteiger partial charge >= 0.3 is 0 Å². The lowest BCUT2D eigenvalue weighted by molar-refractivity contribution is 0.122. The summed E-state index contributed by atoms with van der Waals surface area (Å²) in [7, 11) is 0. The van der Waals surface area contributed by atoms with Crippen LogP contribution in [0.5, 0.6) is 0 Å². The summed E-state index contributed by atoms with van der Waals surface area (Å²) in [4.78, 5) is 14.2. The van der Waals surface area contributed by atoms with E-state index in [4.69, 9.17) is 26.9 Å². The summed E-state index contributed by atoms with van der Waals surface area (Å²) in [6, 6.07) is 2.59. The largest absolute Gasteiger partial charge is 0.378 e. The molecule has 8 heteroatoms. The van der Waals surface area contributed by atoms with Gasteiger partial charge in [-0.15, -0.1) is 0 Å². The molecule has 0 amide bonds. The third-order valence-corrected chi connectivity index (χ3v) is 6.10. The standard InChI is InChI=1S/C20H32N6OS/c28-20(21-16-7-3-1-4-8-16)24-19-22-17(25-9-5-2-6-10-25)15-18(23-19)26-11-13-27-14-12-26/h15-16H,1-14H2,(H2,21,22,23,24,28). The Morgan fingerprint density at radius 2 is 1.50 bits per heavy atom. The van der Waals surface area contributed by atoms with E-state index >= 15 is 0 Å². The van der Waals surface area contributed by atoms with Gasteiger partial charge in [-0.2, -0.15) is 9.97 Å². The van der Waals surface area contributed by atoms with Crippen LogP contribution in [-0.4, -0.2) is 60.5 Å². The predicted octanol–water partition coefficient (Wildman–Crippen LogP) is 2.92. The molecule has 1 aliphatic carbocycles. The summed E-state index contributed by atoms with van der Waals surface area (Å²) in [6.45, 7) is 5.33. The van der Waals surface area contributed by atoms with Crippen molar-refractivity contribution in [2.45, 2.75) is 57.4 Å². The fourth-order valence-corrected chi connectivity index (χ4v) is 4.55. The molecule has 0 radical (unpaired) electrons. The lowest BCUT2D eigenvalue weighted by atomic mass is 9.96. The third-order valence-electron chi connectivity index (χ3n) is 5.88. The lowest BCUT2D eigenvalue weighted by Crippen LogP contribution is -2.40. The Kier molecular flexibility index (Phi) is 6.80. The lowest BCUT2D eigenvalue weighted by Gasteiger charge is -2.31. The van der Waals surface area contributed by atoms with Crippen LogP contribution in [-0.2, 0) is 4.74 Å². The zero-order valence-corrected chi connectivity index (χ0v) is 17.5. The molecule has 0 aromatic carbocycles. The van der Waals surface area contributed by atoms with Crippen molar-refractivity contribution in [2.75, 3.05) is 54.5 Å². The van der Waals surface area contributed by atoms with Crippen molar-refractivity contribution in [1.29, 1.82) is 0 Å². The van der Waals surface area contributed by atoms with Gasteiger partial charge in [0.1, 0.15) is 11.6 Å². The number of thiocarbonyl (C=S) groups is 1. The number of ether oxygens (including phenoxy) is 1. The molecular formula is C20H32N6OS. The molecule has 154 valence electrons. The average Bonchev–Trinajstić information content (AvgIpc) is 2.75. The average molecular weight is 405 g/mol. The number of rotatable bonds is 4. The Morgan fingerprint density at radius 1 is 0.893 bits per heavy atom. The summed E-state index contributed by atoms with van der Waals surface area (Å²) >= 11 is 5.57. The maximum atomic E-state index is 5.57. The van der Waals surface area contributed by atoms with Crippen molar-refractivity contribution >= 4 is 34.9 Å². The summed E-state index contributed by atoms with van der Waals surface area (Å²) in [5.74, 6) is 2.55. The Balaban J connectivity index is 1.49. The fourth-order valence-electron chi connectivity index (χ4n) is 4.29. The van der Waals surface area contributed by atoms with Gasteiger partial charge in [-0.1, -0.05) is 19.3 Å². The first-order chi connectivity index (χ1) is 13.8. The summed E-state index contributed by atoms with van der Waals surface area (Å²) in [5.41, 5.74) is 0. The molecule has 3 fully saturated rings. The van der Waals surface area contributed by atoms with Crippen molar-refractivity contribution in [1.82, 2.24) is 15.3 Å². The van der Waals surface area contributed by atoms with Crippen LogP contribution in [0, 0.1) is 0 Å². The molecule has 2 saturated heterocycles. The van der Waals surface area contributed by atoms with Gasteiger partial charge in [0, 0.05) is 38.3 Å². The van der Waals surface area contributed by atoms with Gasteiger partial charge < -0.3 is 25.2 Å². The number of hydrogen-bond donors (Lipinski definition) is 2. The van der Waals surface area contributed by atoms with Gasteiger partial charge in [0.05, 0.1) is 13.2 Å². The smallest absolute Gasteiger partial charge is 0.232 e. The second kappa shape index (κ2) is 9.69. The number of morpholine rings is 1. The van der Waals surface area contributed by atoms with E-state index in [1.165, 1.54) is 51.4 Å². The molecule has 0 spiro atoms. The third kappa shape index (κ3) is 5.23. The molecule has 28 heavy (non-hydrogen) atoms. The maximum absolute atomic E-state index is 5.57. The molecule has 0 bridgehead atoms. The number of nitrogens with zero attached hydrogens (tertiary/aromatic N) is 4. The van der Waals surface area contributed by atoms with Crippen LogP contribution in [0.15, 0.2) is 6.07 Å². The second-order valence-electron chi connectivity index (χ2n) is 7.99. The molecule has 4 rings (SSSR count).